The van der Waals surface area contributed by atoms with Gasteiger partial charge in [-0.05, 0) is 83.6 Å². The van der Waals surface area contributed by atoms with Crippen LogP contribution in [0.3, 0.4) is 0 Å². The molecule has 3 aromatic heterocycles. The summed E-state index contributed by atoms with van der Waals surface area (Å²) in [7, 11) is 0. The first kappa shape index (κ1) is 28.0. The van der Waals surface area contributed by atoms with Gasteiger partial charge in [-0.15, -0.1) is 0 Å². The van der Waals surface area contributed by atoms with E-state index in [2.05, 4.69) is 190 Å². The number of hydrogen-bond donors (Lipinski definition) is 0. The van der Waals surface area contributed by atoms with Gasteiger partial charge in [0.1, 0.15) is 5.82 Å². The van der Waals surface area contributed by atoms with Crippen LogP contribution in [0.25, 0.3) is 93.9 Å². The molecular weight excluding hydrogens is 621 g/mol. The quantitative estimate of drug-likeness (QED) is 0.186. The molecule has 11 aromatic rings. The van der Waals surface area contributed by atoms with Crippen LogP contribution in [0.15, 0.2) is 182 Å². The Kier molecular flexibility index (Phi) is 5.92. The van der Waals surface area contributed by atoms with Crippen molar-refractivity contribution in [3.05, 3.63) is 182 Å². The summed E-state index contributed by atoms with van der Waals surface area (Å²) in [6, 6.07) is 65.3. The van der Waals surface area contributed by atoms with E-state index in [1.165, 1.54) is 60.1 Å². The highest BCUT2D eigenvalue weighted by Gasteiger charge is 2.20. The highest BCUT2D eigenvalue weighted by Crippen LogP contribution is 2.42. The number of aromatic nitrogens is 4. The van der Waals surface area contributed by atoms with Crippen LogP contribution in [-0.4, -0.2) is 18.7 Å². The van der Waals surface area contributed by atoms with Gasteiger partial charge in [0.2, 0.25) is 0 Å². The van der Waals surface area contributed by atoms with E-state index in [-0.39, 0.29) is 0 Å². The third kappa shape index (κ3) is 4.05. The lowest BCUT2D eigenvalue weighted by Gasteiger charge is -2.13. The average Bonchev–Trinajstić information content (AvgIpc) is 3.87. The molecule has 4 nitrogen and oxygen atoms in total. The lowest BCUT2D eigenvalue weighted by Crippen LogP contribution is -1.99. The zero-order chi connectivity index (χ0) is 33.5. The van der Waals surface area contributed by atoms with Gasteiger partial charge >= 0.3 is 0 Å². The van der Waals surface area contributed by atoms with Crippen molar-refractivity contribution in [1.82, 2.24) is 18.7 Å². The molecule has 0 amide bonds. The Morgan fingerprint density at radius 1 is 0.294 bits per heavy atom. The van der Waals surface area contributed by atoms with Crippen LogP contribution in [0.5, 0.6) is 0 Å². The van der Waals surface area contributed by atoms with Crippen molar-refractivity contribution in [2.24, 2.45) is 0 Å². The predicted molar refractivity (Wildman–Crippen MR) is 213 cm³/mol. The number of hydrogen-bond acceptors (Lipinski definition) is 1. The lowest BCUT2D eigenvalue weighted by molar-refractivity contribution is 1.09. The minimum Gasteiger partial charge on any atom is -0.309 e. The first-order valence-electron chi connectivity index (χ1n) is 17.4. The molecule has 0 radical (unpaired) electrons. The summed E-state index contributed by atoms with van der Waals surface area (Å²) in [4.78, 5) is 5.06. The van der Waals surface area contributed by atoms with E-state index >= 15 is 0 Å². The highest BCUT2D eigenvalue weighted by atomic mass is 15.1. The SMILES string of the molecule is c1ccc(-c2nc3ccccc3n2-c2ccc(-n3c4ccccc4c4c5ccc6c(c5ccc43)c3ccccc3n6-c3ccccc3)cc2)cc1. The Labute approximate surface area is 293 Å². The van der Waals surface area contributed by atoms with Gasteiger partial charge in [-0.2, -0.15) is 0 Å². The third-order valence-corrected chi connectivity index (χ3v) is 10.4. The first-order valence-corrected chi connectivity index (χ1v) is 17.4. The minimum absolute atomic E-state index is 0.938. The molecule has 8 aromatic carbocycles. The molecule has 0 fully saturated rings. The second kappa shape index (κ2) is 10.8. The largest absolute Gasteiger partial charge is 0.309 e. The van der Waals surface area contributed by atoms with Crippen molar-refractivity contribution < 1.29 is 0 Å². The second-order valence-electron chi connectivity index (χ2n) is 13.2. The number of para-hydroxylation sites is 5. The molecule has 238 valence electrons. The van der Waals surface area contributed by atoms with Crippen molar-refractivity contribution in [2.45, 2.75) is 0 Å². The normalized spacial score (nSPS) is 11.9. The number of benzene rings is 8. The smallest absolute Gasteiger partial charge is 0.145 e. The van der Waals surface area contributed by atoms with Crippen molar-refractivity contribution in [3.8, 4) is 28.5 Å². The van der Waals surface area contributed by atoms with Crippen molar-refractivity contribution in [1.29, 1.82) is 0 Å². The molecule has 0 spiro atoms. The Balaban J connectivity index is 1.13. The number of rotatable bonds is 4. The standard InChI is InChI=1S/C47H30N4/c1-3-13-31(14-4-1)47-48-39-19-9-12-22-42(39)51(47)34-25-23-33(24-26-34)50-41-21-11-8-18-38(41)46-36-27-29-43-45(35(36)28-30-44(46)50)37-17-7-10-20-40(37)49(43)32-15-5-2-6-16-32/h1-30H. The highest BCUT2D eigenvalue weighted by molar-refractivity contribution is 6.29. The zero-order valence-electron chi connectivity index (χ0n) is 27.6. The fraction of sp³-hybridized carbons (Fsp3) is 0. The predicted octanol–water partition coefficient (Wildman–Crippen LogP) is 12.0. The van der Waals surface area contributed by atoms with E-state index in [0.29, 0.717) is 0 Å². The molecule has 0 bridgehead atoms. The van der Waals surface area contributed by atoms with E-state index in [1.54, 1.807) is 0 Å². The van der Waals surface area contributed by atoms with Crippen LogP contribution in [0.1, 0.15) is 0 Å². The Morgan fingerprint density at radius 3 is 1.33 bits per heavy atom. The minimum atomic E-state index is 0.938. The summed E-state index contributed by atoms with van der Waals surface area (Å²) in [6.07, 6.45) is 0. The molecule has 0 atom stereocenters. The van der Waals surface area contributed by atoms with Gasteiger partial charge in [-0.1, -0.05) is 109 Å². The van der Waals surface area contributed by atoms with Crippen LogP contribution in [-0.2, 0) is 0 Å². The molecule has 51 heavy (non-hydrogen) atoms. The van der Waals surface area contributed by atoms with E-state index in [1.807, 2.05) is 6.07 Å². The fourth-order valence-electron chi connectivity index (χ4n) is 8.29. The number of imidazole rings is 1. The molecule has 4 heteroatoms. The molecule has 0 aliphatic rings. The molecule has 3 heterocycles. The van der Waals surface area contributed by atoms with Crippen molar-refractivity contribution in [2.75, 3.05) is 0 Å². The molecule has 0 aliphatic heterocycles. The molecular formula is C47H30N4. The number of nitrogens with zero attached hydrogens (tertiary/aromatic N) is 4. The van der Waals surface area contributed by atoms with Crippen LogP contribution < -0.4 is 0 Å². The summed E-state index contributed by atoms with van der Waals surface area (Å²) in [5.74, 6) is 0.938. The summed E-state index contributed by atoms with van der Waals surface area (Å²) in [5.41, 5.74) is 11.4. The monoisotopic (exact) mass is 650 g/mol. The third-order valence-electron chi connectivity index (χ3n) is 10.4. The molecule has 0 unspecified atom stereocenters. The molecule has 0 saturated heterocycles. The first-order chi connectivity index (χ1) is 25.3. The van der Waals surface area contributed by atoms with Crippen LogP contribution in [0, 0.1) is 0 Å². The molecule has 0 saturated carbocycles. The molecule has 0 N–H and O–H groups in total. The van der Waals surface area contributed by atoms with Gasteiger partial charge in [0.05, 0.1) is 33.1 Å². The zero-order valence-corrected chi connectivity index (χ0v) is 27.6. The van der Waals surface area contributed by atoms with E-state index in [4.69, 9.17) is 4.98 Å². The van der Waals surface area contributed by atoms with E-state index < -0.39 is 0 Å². The lowest BCUT2D eigenvalue weighted by atomic mass is 9.99. The van der Waals surface area contributed by atoms with Gasteiger partial charge in [0, 0.05) is 44.2 Å². The van der Waals surface area contributed by atoms with Gasteiger partial charge in [0.15, 0.2) is 0 Å². The second-order valence-corrected chi connectivity index (χ2v) is 13.2. The summed E-state index contributed by atoms with van der Waals surface area (Å²) >= 11 is 0. The summed E-state index contributed by atoms with van der Waals surface area (Å²) in [6.45, 7) is 0. The van der Waals surface area contributed by atoms with Crippen LogP contribution in [0.4, 0.5) is 0 Å². The van der Waals surface area contributed by atoms with E-state index in [9.17, 15) is 0 Å². The van der Waals surface area contributed by atoms with Gasteiger partial charge in [0.25, 0.3) is 0 Å². The molecule has 0 aliphatic carbocycles. The maximum absolute atomic E-state index is 5.06. The van der Waals surface area contributed by atoms with Gasteiger partial charge < -0.3 is 9.13 Å². The number of fused-ring (bicyclic) bond motifs is 10. The maximum Gasteiger partial charge on any atom is 0.145 e. The topological polar surface area (TPSA) is 27.7 Å². The Hall–Kier alpha value is -6.91. The van der Waals surface area contributed by atoms with E-state index in [0.717, 1.165) is 33.8 Å². The van der Waals surface area contributed by atoms with Gasteiger partial charge in [-0.3, -0.25) is 4.57 Å². The molecule has 11 rings (SSSR count). The average molecular weight is 651 g/mol. The van der Waals surface area contributed by atoms with Crippen molar-refractivity contribution >= 4 is 65.4 Å². The Morgan fingerprint density at radius 2 is 0.745 bits per heavy atom. The van der Waals surface area contributed by atoms with Crippen LogP contribution >= 0.6 is 0 Å². The Bertz CT molecular complexity index is 3110. The summed E-state index contributed by atoms with van der Waals surface area (Å²) < 4.78 is 7.08. The van der Waals surface area contributed by atoms with Crippen LogP contribution in [0.2, 0.25) is 0 Å². The van der Waals surface area contributed by atoms with Crippen molar-refractivity contribution in [3.63, 3.8) is 0 Å². The van der Waals surface area contributed by atoms with Gasteiger partial charge in [-0.25, -0.2) is 4.98 Å². The fourth-order valence-corrected chi connectivity index (χ4v) is 8.29. The maximum atomic E-state index is 5.06. The summed E-state index contributed by atoms with van der Waals surface area (Å²) in [5, 5.41) is 7.61.